The monoisotopic (exact) mass is 248 g/mol. The molecule has 1 unspecified atom stereocenters. The molecule has 2 aliphatic rings. The molecule has 1 saturated carbocycles. The first-order chi connectivity index (χ1) is 8.43. The summed E-state index contributed by atoms with van der Waals surface area (Å²) >= 11 is 2.14. The Morgan fingerprint density at radius 3 is 2.82 bits per heavy atom. The number of hydrogen-bond acceptors (Lipinski definition) is 3. The quantitative estimate of drug-likeness (QED) is 0.818. The summed E-state index contributed by atoms with van der Waals surface area (Å²) in [5.41, 5.74) is 1.41. The molecule has 0 spiro atoms. The molecular weight excluding hydrogens is 228 g/mol. The van der Waals surface area contributed by atoms with Crippen LogP contribution in [0.15, 0.2) is 24.5 Å². The van der Waals surface area contributed by atoms with Crippen molar-refractivity contribution in [1.29, 1.82) is 0 Å². The first-order valence-electron chi connectivity index (χ1n) is 6.64. The van der Waals surface area contributed by atoms with Gasteiger partial charge in [-0.3, -0.25) is 9.88 Å². The lowest BCUT2D eigenvalue weighted by Crippen LogP contribution is -2.48. The molecule has 1 aromatic rings. The zero-order valence-corrected chi connectivity index (χ0v) is 11.0. The Labute approximate surface area is 108 Å². The molecule has 0 radical (unpaired) electrons. The van der Waals surface area contributed by atoms with Crippen molar-refractivity contribution >= 4 is 11.8 Å². The van der Waals surface area contributed by atoms with E-state index in [0.29, 0.717) is 0 Å². The van der Waals surface area contributed by atoms with Crippen molar-refractivity contribution in [3.63, 3.8) is 0 Å². The molecule has 1 aliphatic heterocycles. The molecule has 17 heavy (non-hydrogen) atoms. The maximum atomic E-state index is 4.10. The highest BCUT2D eigenvalue weighted by atomic mass is 32.2. The molecule has 0 N–H and O–H groups in total. The lowest BCUT2D eigenvalue weighted by atomic mass is 9.79. The predicted octanol–water partition coefficient (Wildman–Crippen LogP) is 2.80. The Morgan fingerprint density at radius 2 is 2.12 bits per heavy atom. The fourth-order valence-corrected chi connectivity index (χ4v) is 4.09. The van der Waals surface area contributed by atoms with Crippen LogP contribution in [0.3, 0.4) is 0 Å². The van der Waals surface area contributed by atoms with E-state index in [0.717, 1.165) is 18.5 Å². The van der Waals surface area contributed by atoms with E-state index in [-0.39, 0.29) is 0 Å². The topological polar surface area (TPSA) is 16.1 Å². The van der Waals surface area contributed by atoms with Gasteiger partial charge in [-0.2, -0.15) is 11.8 Å². The molecule has 92 valence electrons. The molecule has 2 heterocycles. The second-order valence-electron chi connectivity index (χ2n) is 5.16. The van der Waals surface area contributed by atoms with E-state index in [1.807, 2.05) is 12.4 Å². The minimum absolute atomic E-state index is 0.829. The van der Waals surface area contributed by atoms with Gasteiger partial charge >= 0.3 is 0 Å². The molecule has 1 saturated heterocycles. The number of nitrogens with zero attached hydrogens (tertiary/aromatic N) is 2. The third kappa shape index (κ3) is 2.66. The fraction of sp³-hybridized carbons (Fsp3) is 0.643. The Morgan fingerprint density at radius 1 is 1.29 bits per heavy atom. The zero-order chi connectivity index (χ0) is 11.5. The highest BCUT2D eigenvalue weighted by molar-refractivity contribution is 7.99. The second kappa shape index (κ2) is 5.40. The normalized spacial score (nSPS) is 26.7. The molecule has 1 aliphatic carbocycles. The van der Waals surface area contributed by atoms with Crippen LogP contribution in [0.2, 0.25) is 0 Å². The third-order valence-electron chi connectivity index (χ3n) is 4.11. The van der Waals surface area contributed by atoms with Gasteiger partial charge in [0, 0.05) is 43.0 Å². The van der Waals surface area contributed by atoms with Crippen molar-refractivity contribution in [2.24, 2.45) is 5.92 Å². The summed E-state index contributed by atoms with van der Waals surface area (Å²) in [6.07, 6.45) is 8.18. The molecule has 3 heteroatoms. The van der Waals surface area contributed by atoms with Crippen LogP contribution in [0, 0.1) is 5.92 Å². The van der Waals surface area contributed by atoms with E-state index in [4.69, 9.17) is 0 Å². The van der Waals surface area contributed by atoms with Crippen molar-refractivity contribution in [3.8, 4) is 0 Å². The maximum absolute atomic E-state index is 4.10. The lowest BCUT2D eigenvalue weighted by molar-refractivity contribution is 0.106. The minimum Gasteiger partial charge on any atom is -0.294 e. The number of aromatic nitrogens is 1. The number of rotatable bonds is 3. The van der Waals surface area contributed by atoms with Gasteiger partial charge in [-0.1, -0.05) is 6.42 Å². The average Bonchev–Trinajstić information content (AvgIpc) is 2.31. The third-order valence-corrected chi connectivity index (χ3v) is 5.16. The summed E-state index contributed by atoms with van der Waals surface area (Å²) in [4.78, 5) is 6.80. The summed E-state index contributed by atoms with van der Waals surface area (Å²) in [6, 6.07) is 5.13. The Kier molecular flexibility index (Phi) is 3.67. The summed E-state index contributed by atoms with van der Waals surface area (Å²) in [7, 11) is 0. The maximum Gasteiger partial charge on any atom is 0.0271 e. The van der Waals surface area contributed by atoms with Crippen LogP contribution >= 0.6 is 11.8 Å². The first-order valence-corrected chi connectivity index (χ1v) is 7.79. The summed E-state index contributed by atoms with van der Waals surface area (Å²) in [5.74, 6) is 3.62. The van der Waals surface area contributed by atoms with Crippen LogP contribution in [-0.4, -0.2) is 34.0 Å². The molecule has 3 rings (SSSR count). The summed E-state index contributed by atoms with van der Waals surface area (Å²) in [5, 5.41) is 0. The van der Waals surface area contributed by atoms with Gasteiger partial charge in [-0.05, 0) is 36.5 Å². The van der Waals surface area contributed by atoms with Crippen molar-refractivity contribution < 1.29 is 0 Å². The van der Waals surface area contributed by atoms with Gasteiger partial charge in [-0.15, -0.1) is 0 Å². The van der Waals surface area contributed by atoms with E-state index in [2.05, 4.69) is 33.8 Å². The van der Waals surface area contributed by atoms with Gasteiger partial charge in [-0.25, -0.2) is 0 Å². The highest BCUT2D eigenvalue weighted by Crippen LogP contribution is 2.36. The van der Waals surface area contributed by atoms with E-state index in [1.165, 1.54) is 42.9 Å². The van der Waals surface area contributed by atoms with Gasteiger partial charge in [0.1, 0.15) is 0 Å². The van der Waals surface area contributed by atoms with Crippen LogP contribution in [0.5, 0.6) is 0 Å². The first kappa shape index (κ1) is 11.5. The van der Waals surface area contributed by atoms with Gasteiger partial charge < -0.3 is 0 Å². The number of thioether (sulfide) groups is 1. The molecule has 0 amide bonds. The lowest BCUT2D eigenvalue weighted by Gasteiger charge is -2.43. The van der Waals surface area contributed by atoms with E-state index in [9.17, 15) is 0 Å². The molecule has 2 fully saturated rings. The SMILES string of the molecule is c1cc(CN2CCSCC2C2CCC2)ccn1. The largest absolute Gasteiger partial charge is 0.294 e. The smallest absolute Gasteiger partial charge is 0.0271 e. The van der Waals surface area contributed by atoms with Gasteiger partial charge in [0.15, 0.2) is 0 Å². The Balaban J connectivity index is 1.66. The molecule has 2 nitrogen and oxygen atoms in total. The van der Waals surface area contributed by atoms with Crippen molar-refractivity contribution in [2.45, 2.75) is 31.8 Å². The number of hydrogen-bond donors (Lipinski definition) is 0. The summed E-state index contributed by atoms with van der Waals surface area (Å²) < 4.78 is 0. The minimum atomic E-state index is 0.829. The molecule has 1 atom stereocenters. The van der Waals surface area contributed by atoms with Crippen LogP contribution in [0.4, 0.5) is 0 Å². The van der Waals surface area contributed by atoms with E-state index >= 15 is 0 Å². The molecule has 1 aromatic heterocycles. The van der Waals surface area contributed by atoms with Crippen LogP contribution in [0.1, 0.15) is 24.8 Å². The Bertz CT molecular complexity index is 350. The molecular formula is C14H20N2S. The number of pyridine rings is 1. The highest BCUT2D eigenvalue weighted by Gasteiger charge is 2.33. The van der Waals surface area contributed by atoms with Crippen molar-refractivity contribution in [3.05, 3.63) is 30.1 Å². The standard InChI is InChI=1S/C14H20N2S/c1-2-13(3-1)14-11-17-9-8-16(14)10-12-4-6-15-7-5-12/h4-7,13-14H,1-3,8-11H2. The van der Waals surface area contributed by atoms with Gasteiger partial charge in [0.25, 0.3) is 0 Å². The van der Waals surface area contributed by atoms with Gasteiger partial charge in [0.05, 0.1) is 0 Å². The van der Waals surface area contributed by atoms with Crippen LogP contribution < -0.4 is 0 Å². The van der Waals surface area contributed by atoms with Crippen molar-refractivity contribution in [1.82, 2.24) is 9.88 Å². The van der Waals surface area contributed by atoms with Gasteiger partial charge in [0.2, 0.25) is 0 Å². The zero-order valence-electron chi connectivity index (χ0n) is 10.2. The van der Waals surface area contributed by atoms with Crippen molar-refractivity contribution in [2.75, 3.05) is 18.1 Å². The predicted molar refractivity (Wildman–Crippen MR) is 73.1 cm³/mol. The van der Waals surface area contributed by atoms with E-state index in [1.54, 1.807) is 0 Å². The van der Waals surface area contributed by atoms with Crippen LogP contribution in [-0.2, 0) is 6.54 Å². The Hall–Kier alpha value is -0.540. The second-order valence-corrected chi connectivity index (χ2v) is 6.31. The molecule has 0 aromatic carbocycles. The van der Waals surface area contributed by atoms with Crippen LogP contribution in [0.25, 0.3) is 0 Å². The summed E-state index contributed by atoms with van der Waals surface area (Å²) in [6.45, 7) is 2.37. The fourth-order valence-electron chi connectivity index (χ4n) is 2.83. The molecule has 0 bridgehead atoms. The van der Waals surface area contributed by atoms with E-state index < -0.39 is 0 Å². The average molecular weight is 248 g/mol.